The number of amides is 1. The van der Waals surface area contributed by atoms with E-state index in [1.807, 2.05) is 48.3 Å². The molecule has 2 N–H and O–H groups in total. The highest BCUT2D eigenvalue weighted by molar-refractivity contribution is 5.94. The second kappa shape index (κ2) is 6.32. The van der Waals surface area contributed by atoms with Gasteiger partial charge in [-0.1, -0.05) is 6.92 Å². The van der Waals surface area contributed by atoms with Gasteiger partial charge in [-0.05, 0) is 55.6 Å². The topological polar surface area (TPSA) is 59.0 Å². The smallest absolute Gasteiger partial charge is 0.251 e. The molecule has 5 heteroatoms. The quantitative estimate of drug-likeness (QED) is 0.910. The van der Waals surface area contributed by atoms with E-state index >= 15 is 0 Å². The lowest BCUT2D eigenvalue weighted by atomic mass is 9.94. The summed E-state index contributed by atoms with van der Waals surface area (Å²) < 4.78 is 1.81. The summed E-state index contributed by atoms with van der Waals surface area (Å²) in [6, 6.07) is 7.74. The Labute approximate surface area is 130 Å². The van der Waals surface area contributed by atoms with Gasteiger partial charge in [0.05, 0.1) is 11.9 Å². The van der Waals surface area contributed by atoms with E-state index in [0.29, 0.717) is 11.5 Å². The summed E-state index contributed by atoms with van der Waals surface area (Å²) in [5.74, 6) is 0.500. The molecule has 1 aliphatic rings. The number of piperidine rings is 1. The molecular formula is C17H22N4O. The third-order valence-electron chi connectivity index (χ3n) is 4.25. The molecular weight excluding hydrogens is 276 g/mol. The maximum Gasteiger partial charge on any atom is 0.251 e. The van der Waals surface area contributed by atoms with Crippen molar-refractivity contribution >= 4 is 5.91 Å². The largest absolute Gasteiger partial charge is 0.348 e. The van der Waals surface area contributed by atoms with E-state index in [1.54, 1.807) is 0 Å². The van der Waals surface area contributed by atoms with Crippen LogP contribution in [-0.4, -0.2) is 34.8 Å². The summed E-state index contributed by atoms with van der Waals surface area (Å²) >= 11 is 0. The molecule has 2 unspecified atom stereocenters. The van der Waals surface area contributed by atoms with Gasteiger partial charge in [-0.15, -0.1) is 0 Å². The van der Waals surface area contributed by atoms with Crippen molar-refractivity contribution in [2.75, 3.05) is 13.1 Å². The van der Waals surface area contributed by atoms with Crippen LogP contribution in [0.2, 0.25) is 0 Å². The van der Waals surface area contributed by atoms with Crippen molar-refractivity contribution in [3.05, 3.63) is 47.8 Å². The number of rotatable bonds is 3. The van der Waals surface area contributed by atoms with Crippen molar-refractivity contribution in [2.24, 2.45) is 5.92 Å². The van der Waals surface area contributed by atoms with Crippen molar-refractivity contribution in [3.63, 3.8) is 0 Å². The first-order chi connectivity index (χ1) is 10.6. The molecule has 2 heterocycles. The van der Waals surface area contributed by atoms with E-state index in [1.165, 1.54) is 0 Å². The Hall–Kier alpha value is -2.14. The molecule has 0 bridgehead atoms. The van der Waals surface area contributed by atoms with Gasteiger partial charge in [0, 0.05) is 24.3 Å². The third kappa shape index (κ3) is 3.20. The van der Waals surface area contributed by atoms with Gasteiger partial charge in [-0.2, -0.15) is 5.10 Å². The minimum atomic E-state index is -0.0104. The fourth-order valence-corrected chi connectivity index (χ4v) is 2.75. The zero-order valence-electron chi connectivity index (χ0n) is 13.0. The van der Waals surface area contributed by atoms with Crippen molar-refractivity contribution < 1.29 is 4.79 Å². The van der Waals surface area contributed by atoms with Crippen LogP contribution in [0.3, 0.4) is 0 Å². The van der Waals surface area contributed by atoms with E-state index in [-0.39, 0.29) is 11.9 Å². The van der Waals surface area contributed by atoms with E-state index < -0.39 is 0 Å². The van der Waals surface area contributed by atoms with Gasteiger partial charge >= 0.3 is 0 Å². The number of aryl methyl sites for hydroxylation is 1. The van der Waals surface area contributed by atoms with Crippen LogP contribution in [0.25, 0.3) is 5.69 Å². The number of carbonyl (C=O) groups is 1. The zero-order chi connectivity index (χ0) is 15.5. The van der Waals surface area contributed by atoms with Gasteiger partial charge < -0.3 is 10.6 Å². The lowest BCUT2D eigenvalue weighted by molar-refractivity contribution is 0.0915. The molecule has 5 nitrogen and oxygen atoms in total. The molecule has 3 rings (SSSR count). The van der Waals surface area contributed by atoms with Crippen LogP contribution < -0.4 is 10.6 Å². The van der Waals surface area contributed by atoms with Crippen molar-refractivity contribution in [1.29, 1.82) is 0 Å². The number of aromatic nitrogens is 2. The Morgan fingerprint density at radius 3 is 2.77 bits per heavy atom. The van der Waals surface area contributed by atoms with Crippen LogP contribution in [0, 0.1) is 12.8 Å². The molecule has 1 saturated heterocycles. The van der Waals surface area contributed by atoms with Gasteiger partial charge in [-0.25, -0.2) is 4.68 Å². The predicted octanol–water partition coefficient (Wildman–Crippen LogP) is 1.91. The molecule has 1 aromatic carbocycles. The van der Waals surface area contributed by atoms with Crippen LogP contribution in [0.15, 0.2) is 36.7 Å². The summed E-state index contributed by atoms with van der Waals surface area (Å²) in [6.45, 7) is 6.07. The molecule has 0 saturated carbocycles. The lowest BCUT2D eigenvalue weighted by Gasteiger charge is -2.30. The lowest BCUT2D eigenvalue weighted by Crippen LogP contribution is -2.50. The second-order valence-electron chi connectivity index (χ2n) is 6.06. The highest BCUT2D eigenvalue weighted by Crippen LogP contribution is 2.13. The average Bonchev–Trinajstić information content (AvgIpc) is 2.96. The Balaban J connectivity index is 1.68. The van der Waals surface area contributed by atoms with E-state index in [0.717, 1.165) is 30.8 Å². The van der Waals surface area contributed by atoms with Crippen LogP contribution in [0.4, 0.5) is 0 Å². The minimum Gasteiger partial charge on any atom is -0.348 e. The van der Waals surface area contributed by atoms with Crippen molar-refractivity contribution in [3.8, 4) is 5.69 Å². The van der Waals surface area contributed by atoms with Crippen molar-refractivity contribution in [2.45, 2.75) is 26.3 Å². The van der Waals surface area contributed by atoms with E-state index in [2.05, 4.69) is 22.7 Å². The SMILES string of the molecule is Cc1cnn(-c2ccc(C(=O)NC3CNCCC3C)cc2)c1. The minimum absolute atomic E-state index is 0.0104. The standard InChI is InChI=1S/C17H22N4O/c1-12-9-19-21(11-12)15-5-3-14(4-6-15)17(22)20-16-10-18-8-7-13(16)2/h3-6,9,11,13,16,18H,7-8,10H2,1-2H3,(H,20,22). The number of hydrogen-bond acceptors (Lipinski definition) is 3. The predicted molar refractivity (Wildman–Crippen MR) is 86.2 cm³/mol. The van der Waals surface area contributed by atoms with Gasteiger partial charge in [0.25, 0.3) is 5.91 Å². The molecule has 2 aromatic rings. The number of hydrogen-bond donors (Lipinski definition) is 2. The molecule has 1 aromatic heterocycles. The van der Waals surface area contributed by atoms with Gasteiger partial charge in [-0.3, -0.25) is 4.79 Å². The molecule has 116 valence electrons. The first-order valence-electron chi connectivity index (χ1n) is 7.77. The molecule has 1 amide bonds. The van der Waals surface area contributed by atoms with E-state index in [9.17, 15) is 4.79 Å². The van der Waals surface area contributed by atoms with Gasteiger partial charge in [0.2, 0.25) is 0 Å². The fraction of sp³-hybridized carbons (Fsp3) is 0.412. The van der Waals surface area contributed by atoms with Gasteiger partial charge in [0.15, 0.2) is 0 Å². The number of nitrogens with one attached hydrogen (secondary N) is 2. The van der Waals surface area contributed by atoms with Crippen LogP contribution in [0.1, 0.15) is 29.3 Å². The van der Waals surface area contributed by atoms with Crippen molar-refractivity contribution in [1.82, 2.24) is 20.4 Å². The second-order valence-corrected chi connectivity index (χ2v) is 6.06. The highest BCUT2D eigenvalue weighted by Gasteiger charge is 2.22. The molecule has 2 atom stereocenters. The maximum absolute atomic E-state index is 12.3. The molecule has 0 spiro atoms. The summed E-state index contributed by atoms with van der Waals surface area (Å²) in [6.07, 6.45) is 4.88. The average molecular weight is 298 g/mol. The first-order valence-corrected chi connectivity index (χ1v) is 7.77. The van der Waals surface area contributed by atoms with Crippen LogP contribution >= 0.6 is 0 Å². The Morgan fingerprint density at radius 1 is 1.36 bits per heavy atom. The molecule has 1 fully saturated rings. The first kappa shape index (κ1) is 14.8. The van der Waals surface area contributed by atoms with Gasteiger partial charge in [0.1, 0.15) is 0 Å². The molecule has 0 aliphatic carbocycles. The summed E-state index contributed by atoms with van der Waals surface area (Å²) in [4.78, 5) is 12.3. The molecule has 0 radical (unpaired) electrons. The normalized spacial score (nSPS) is 21.5. The van der Waals surface area contributed by atoms with Crippen LogP contribution in [0.5, 0.6) is 0 Å². The fourth-order valence-electron chi connectivity index (χ4n) is 2.75. The van der Waals surface area contributed by atoms with Crippen LogP contribution in [-0.2, 0) is 0 Å². The summed E-state index contributed by atoms with van der Waals surface area (Å²) in [7, 11) is 0. The number of nitrogens with zero attached hydrogens (tertiary/aromatic N) is 2. The van der Waals surface area contributed by atoms with E-state index in [4.69, 9.17) is 0 Å². The summed E-state index contributed by atoms with van der Waals surface area (Å²) in [5.41, 5.74) is 2.75. The Bertz CT molecular complexity index is 647. The monoisotopic (exact) mass is 298 g/mol. The summed E-state index contributed by atoms with van der Waals surface area (Å²) in [5, 5.41) is 10.7. The Kier molecular flexibility index (Phi) is 4.24. The zero-order valence-corrected chi connectivity index (χ0v) is 13.0. The third-order valence-corrected chi connectivity index (χ3v) is 4.25. The molecule has 22 heavy (non-hydrogen) atoms. The number of carbonyl (C=O) groups excluding carboxylic acids is 1. The number of benzene rings is 1. The Morgan fingerprint density at radius 2 is 2.14 bits per heavy atom. The molecule has 1 aliphatic heterocycles. The highest BCUT2D eigenvalue weighted by atomic mass is 16.1. The maximum atomic E-state index is 12.3.